The van der Waals surface area contributed by atoms with Gasteiger partial charge in [0.1, 0.15) is 5.92 Å². The number of allylic oxidation sites excluding steroid dienone is 8. The van der Waals surface area contributed by atoms with Gasteiger partial charge in [0.05, 0.1) is 5.57 Å². The Labute approximate surface area is 216 Å². The largest absolute Gasteiger partial charge is 0.293 e. The highest BCUT2D eigenvalue weighted by molar-refractivity contribution is 6.42. The highest BCUT2D eigenvalue weighted by Gasteiger charge is 2.51. The molecule has 0 aromatic heterocycles. The molecule has 2 unspecified atom stereocenters. The molecule has 0 amide bonds. The Bertz CT molecular complexity index is 1370. The highest BCUT2D eigenvalue weighted by atomic mass is 16.2. The van der Waals surface area contributed by atoms with Crippen molar-refractivity contribution in [3.63, 3.8) is 0 Å². The quantitative estimate of drug-likeness (QED) is 0.253. The van der Waals surface area contributed by atoms with Crippen molar-refractivity contribution in [2.24, 2.45) is 17.8 Å². The van der Waals surface area contributed by atoms with Crippen LogP contribution in [-0.2, 0) is 9.59 Å². The van der Waals surface area contributed by atoms with Crippen molar-refractivity contribution < 1.29 is 9.59 Å². The van der Waals surface area contributed by atoms with Crippen LogP contribution in [0.2, 0.25) is 0 Å². The number of aryl methyl sites for hydroxylation is 2. The van der Waals surface area contributed by atoms with Gasteiger partial charge in [0.15, 0.2) is 11.6 Å². The molecule has 0 saturated heterocycles. The van der Waals surface area contributed by atoms with Gasteiger partial charge >= 0.3 is 0 Å². The van der Waals surface area contributed by atoms with E-state index in [-0.39, 0.29) is 17.5 Å². The highest BCUT2D eigenvalue weighted by Crippen LogP contribution is 2.52. The molecular weight excluding hydrogens is 440 g/mol. The van der Waals surface area contributed by atoms with Gasteiger partial charge in [-0.2, -0.15) is 0 Å². The Morgan fingerprint density at radius 3 is 2.17 bits per heavy atom. The second kappa shape index (κ2) is 8.83. The first kappa shape index (κ1) is 24.7. The maximum Gasteiger partial charge on any atom is 0.181 e. The van der Waals surface area contributed by atoms with Crippen molar-refractivity contribution in [3.05, 3.63) is 92.6 Å². The van der Waals surface area contributed by atoms with Crippen LogP contribution in [0.25, 0.3) is 11.1 Å². The van der Waals surface area contributed by atoms with Crippen molar-refractivity contribution in [1.29, 1.82) is 0 Å². The maximum atomic E-state index is 13.8. The topological polar surface area (TPSA) is 34.1 Å². The molecule has 186 valence electrons. The molecule has 2 fully saturated rings. The summed E-state index contributed by atoms with van der Waals surface area (Å²) >= 11 is 0. The molecule has 0 bridgehead atoms. The van der Waals surface area contributed by atoms with Gasteiger partial charge in [0.25, 0.3) is 0 Å². The van der Waals surface area contributed by atoms with E-state index in [2.05, 4.69) is 97.9 Å². The molecule has 5 aliphatic carbocycles. The molecular formula is C34H38O2. The maximum absolute atomic E-state index is 13.8. The summed E-state index contributed by atoms with van der Waals surface area (Å²) in [6, 6.07) is 8.65. The second-order valence-corrected chi connectivity index (χ2v) is 11.9. The molecule has 0 aromatic carbocycles. The average molecular weight is 479 g/mol. The number of ketones is 2. The van der Waals surface area contributed by atoms with E-state index in [1.807, 2.05) is 0 Å². The summed E-state index contributed by atoms with van der Waals surface area (Å²) < 4.78 is 0. The van der Waals surface area contributed by atoms with Gasteiger partial charge in [-0.3, -0.25) is 9.59 Å². The van der Waals surface area contributed by atoms with Crippen molar-refractivity contribution in [2.45, 2.75) is 73.6 Å². The molecule has 5 rings (SSSR count). The molecule has 2 heteroatoms. The molecule has 0 spiro atoms. The minimum absolute atomic E-state index is 0.0134. The van der Waals surface area contributed by atoms with Gasteiger partial charge < -0.3 is 0 Å². The standard InChI is InChI=1S/C34H38O2/c1-17(2)23-11-9-19(5)29-25(15-23)21(7)13-27(29)31-33(35)32(34(31)36)28-14-22(8)26-16-24(18(3)4)12-10-20(6)30(26)28/h9-13,15-18,22,30-31H,14H2,1-8H3. The van der Waals surface area contributed by atoms with Crippen molar-refractivity contribution in [3.8, 4) is 11.1 Å². The molecule has 0 N–H and O–H groups in total. The van der Waals surface area contributed by atoms with E-state index in [9.17, 15) is 9.59 Å². The van der Waals surface area contributed by atoms with Crippen LogP contribution in [-0.4, -0.2) is 11.6 Å². The first-order chi connectivity index (χ1) is 17.0. The van der Waals surface area contributed by atoms with Crippen LogP contribution in [0.1, 0.15) is 82.1 Å². The molecule has 2 atom stereocenters. The molecule has 0 radical (unpaired) electrons. The number of hydrogen-bond donors (Lipinski definition) is 0. The number of carbonyl (C=O) groups excluding carboxylic acids is 2. The summed E-state index contributed by atoms with van der Waals surface area (Å²) in [6.45, 7) is 17.4. The van der Waals surface area contributed by atoms with Crippen LogP contribution in [0.5, 0.6) is 0 Å². The van der Waals surface area contributed by atoms with E-state index in [0.29, 0.717) is 23.3 Å². The Balaban J connectivity index is 1.57. The van der Waals surface area contributed by atoms with Crippen LogP contribution in [0, 0.1) is 31.6 Å². The number of hydrogen-bond acceptors (Lipinski definition) is 2. The average Bonchev–Trinajstić information content (AvgIpc) is 3.11. The van der Waals surface area contributed by atoms with Gasteiger partial charge in [-0.15, -0.1) is 0 Å². The van der Waals surface area contributed by atoms with E-state index in [0.717, 1.165) is 39.8 Å². The van der Waals surface area contributed by atoms with Gasteiger partial charge in [-0.25, -0.2) is 0 Å². The first-order valence-corrected chi connectivity index (χ1v) is 13.5. The van der Waals surface area contributed by atoms with Crippen LogP contribution < -0.4 is 0 Å². The smallest absolute Gasteiger partial charge is 0.181 e. The summed E-state index contributed by atoms with van der Waals surface area (Å²) in [5.74, 6) is 0.611. The van der Waals surface area contributed by atoms with E-state index in [1.54, 1.807) is 0 Å². The van der Waals surface area contributed by atoms with E-state index >= 15 is 0 Å². The Kier molecular flexibility index (Phi) is 6.06. The van der Waals surface area contributed by atoms with Crippen molar-refractivity contribution >= 4 is 11.6 Å². The van der Waals surface area contributed by atoms with E-state index in [1.165, 1.54) is 22.3 Å². The van der Waals surface area contributed by atoms with E-state index < -0.39 is 5.92 Å². The zero-order chi connectivity index (χ0) is 26.0. The molecule has 5 aliphatic rings. The number of fused-ring (bicyclic) bond motifs is 2. The summed E-state index contributed by atoms with van der Waals surface area (Å²) in [7, 11) is 0. The zero-order valence-electron chi connectivity index (χ0n) is 23.0. The van der Waals surface area contributed by atoms with Gasteiger partial charge in [-0.05, 0) is 89.5 Å². The number of carbonyl (C=O) groups is 2. The van der Waals surface area contributed by atoms with Crippen LogP contribution in [0.3, 0.4) is 0 Å². The second-order valence-electron chi connectivity index (χ2n) is 11.9. The molecule has 0 aromatic rings. The third-order valence-corrected chi connectivity index (χ3v) is 8.67. The third kappa shape index (κ3) is 3.69. The summed E-state index contributed by atoms with van der Waals surface area (Å²) in [5, 5.41) is 0. The lowest BCUT2D eigenvalue weighted by Gasteiger charge is -2.30. The summed E-state index contributed by atoms with van der Waals surface area (Å²) in [4.78, 5) is 27.6. The van der Waals surface area contributed by atoms with Crippen LogP contribution in [0.15, 0.2) is 70.4 Å². The predicted octanol–water partition coefficient (Wildman–Crippen LogP) is 8.19. The first-order valence-electron chi connectivity index (χ1n) is 13.5. The predicted molar refractivity (Wildman–Crippen MR) is 148 cm³/mol. The third-order valence-electron chi connectivity index (χ3n) is 8.67. The van der Waals surface area contributed by atoms with Crippen LogP contribution >= 0.6 is 0 Å². The SMILES string of the molecule is CC1=CC=C(C(C)C)C=C2C(C)CC(=C3C(=O)C(c4cc(C)c5cc(C(C)C)ccc(C)c4-5)C3=O)C12. The van der Waals surface area contributed by atoms with Gasteiger partial charge in [0.2, 0.25) is 0 Å². The molecule has 36 heavy (non-hydrogen) atoms. The van der Waals surface area contributed by atoms with Crippen molar-refractivity contribution in [1.82, 2.24) is 0 Å². The fraction of sp³-hybridized carbons (Fsp3) is 0.412. The monoisotopic (exact) mass is 478 g/mol. The lowest BCUT2D eigenvalue weighted by atomic mass is 9.68. The minimum Gasteiger partial charge on any atom is -0.293 e. The molecule has 0 aliphatic heterocycles. The van der Waals surface area contributed by atoms with Gasteiger partial charge in [-0.1, -0.05) is 88.3 Å². The fourth-order valence-corrected chi connectivity index (χ4v) is 6.50. The normalized spacial score (nSPS) is 24.2. The lowest BCUT2D eigenvalue weighted by Crippen LogP contribution is -2.40. The molecule has 2 saturated carbocycles. The molecule has 2 nitrogen and oxygen atoms in total. The van der Waals surface area contributed by atoms with Crippen molar-refractivity contribution in [2.75, 3.05) is 0 Å². The van der Waals surface area contributed by atoms with E-state index in [4.69, 9.17) is 0 Å². The lowest BCUT2D eigenvalue weighted by molar-refractivity contribution is -0.133. The Morgan fingerprint density at radius 1 is 0.833 bits per heavy atom. The minimum atomic E-state index is -0.671. The Hall–Kier alpha value is -3.00. The van der Waals surface area contributed by atoms with Crippen LogP contribution in [0.4, 0.5) is 0 Å². The Morgan fingerprint density at radius 2 is 1.53 bits per heavy atom. The summed E-state index contributed by atoms with van der Waals surface area (Å²) in [5.41, 5.74) is 12.1. The van der Waals surface area contributed by atoms with Gasteiger partial charge in [0, 0.05) is 5.92 Å². The number of Topliss-reactive ketones (excluding diaryl/α,β-unsaturated/α-hetero) is 2. The molecule has 0 heterocycles. The summed E-state index contributed by atoms with van der Waals surface area (Å²) in [6.07, 6.45) is 7.52. The zero-order valence-corrected chi connectivity index (χ0v) is 23.0. The fourth-order valence-electron chi connectivity index (χ4n) is 6.50. The number of rotatable bonds is 3.